The molecule has 0 spiro atoms. The Labute approximate surface area is 134 Å². The molecule has 0 saturated heterocycles. The number of para-hydroxylation sites is 1. The number of hydrogen-bond donors (Lipinski definition) is 3. The molecule has 0 saturated carbocycles. The van der Waals surface area contributed by atoms with Gasteiger partial charge in [-0.05, 0) is 24.8 Å². The Bertz CT molecular complexity index is 592. The number of nitrogens with one attached hydrogen (secondary N) is 1. The number of nitrogens with two attached hydrogens (primary N) is 2. The first kappa shape index (κ1) is 19.3. The minimum absolute atomic E-state index is 0.482. The third-order valence-corrected chi connectivity index (χ3v) is 2.99. The van der Waals surface area contributed by atoms with Gasteiger partial charge in [-0.25, -0.2) is 0 Å². The van der Waals surface area contributed by atoms with Crippen molar-refractivity contribution in [2.24, 2.45) is 11.5 Å². The van der Waals surface area contributed by atoms with Gasteiger partial charge >= 0.3 is 0 Å². The second kappa shape index (κ2) is 10.1. The van der Waals surface area contributed by atoms with Crippen molar-refractivity contribution in [3.63, 3.8) is 0 Å². The highest BCUT2D eigenvalue weighted by molar-refractivity contribution is 5.79. The standard InChI is InChI=1S/C17H21N3.C2H6/c1-5-12(4)13(6-2)16(18)17(19)14-10-8-9-11-15(14)20-7-3;1-2/h5-11,20H,1-3,18-19H2,4H3;1-2H3/b13-12+,17-16-;. The van der Waals surface area contributed by atoms with Crippen molar-refractivity contribution in [2.75, 3.05) is 5.32 Å². The summed E-state index contributed by atoms with van der Waals surface area (Å²) in [4.78, 5) is 0. The summed E-state index contributed by atoms with van der Waals surface area (Å²) in [5.41, 5.74) is 16.7. The molecule has 0 unspecified atom stereocenters. The Morgan fingerprint density at radius 2 is 1.64 bits per heavy atom. The molecule has 0 amide bonds. The number of allylic oxidation sites excluding steroid dienone is 3. The van der Waals surface area contributed by atoms with E-state index in [1.165, 1.54) is 0 Å². The molecule has 5 N–H and O–H groups in total. The highest BCUT2D eigenvalue weighted by atomic mass is 14.8. The van der Waals surface area contributed by atoms with Crippen molar-refractivity contribution in [2.45, 2.75) is 20.8 Å². The van der Waals surface area contributed by atoms with Gasteiger partial charge in [-0.2, -0.15) is 0 Å². The fraction of sp³-hybridized carbons (Fsp3) is 0.158. The van der Waals surface area contributed by atoms with Crippen molar-refractivity contribution in [3.8, 4) is 0 Å². The molecule has 1 aromatic carbocycles. The largest absolute Gasteiger partial charge is 0.397 e. The molecule has 3 nitrogen and oxygen atoms in total. The Morgan fingerprint density at radius 1 is 1.05 bits per heavy atom. The second-order valence-electron chi connectivity index (χ2n) is 4.23. The monoisotopic (exact) mass is 297 g/mol. The first-order chi connectivity index (χ1) is 10.6. The van der Waals surface area contributed by atoms with E-state index in [2.05, 4.69) is 25.1 Å². The number of hydrogen-bond acceptors (Lipinski definition) is 3. The summed E-state index contributed by atoms with van der Waals surface area (Å²) >= 11 is 0. The van der Waals surface area contributed by atoms with Gasteiger partial charge in [0.15, 0.2) is 0 Å². The van der Waals surface area contributed by atoms with Crippen molar-refractivity contribution in [3.05, 3.63) is 84.8 Å². The predicted octanol–water partition coefficient (Wildman–Crippen LogP) is 4.54. The highest BCUT2D eigenvalue weighted by Gasteiger charge is 2.10. The van der Waals surface area contributed by atoms with E-state index in [0.29, 0.717) is 11.4 Å². The zero-order chi connectivity index (χ0) is 17.1. The van der Waals surface area contributed by atoms with Crippen LogP contribution in [0.2, 0.25) is 0 Å². The maximum atomic E-state index is 6.20. The highest BCUT2D eigenvalue weighted by Crippen LogP contribution is 2.25. The third-order valence-electron chi connectivity index (χ3n) is 2.99. The fourth-order valence-electron chi connectivity index (χ4n) is 1.84. The summed E-state index contributed by atoms with van der Waals surface area (Å²) in [5.74, 6) is 0. The first-order valence-corrected chi connectivity index (χ1v) is 7.25. The van der Waals surface area contributed by atoms with Crippen LogP contribution in [0.15, 0.2) is 79.2 Å². The van der Waals surface area contributed by atoms with Crippen LogP contribution in [-0.4, -0.2) is 0 Å². The van der Waals surface area contributed by atoms with Crippen molar-refractivity contribution in [1.82, 2.24) is 0 Å². The topological polar surface area (TPSA) is 64.1 Å². The lowest BCUT2D eigenvalue weighted by Gasteiger charge is -2.14. The quantitative estimate of drug-likeness (QED) is 0.675. The van der Waals surface area contributed by atoms with E-state index in [4.69, 9.17) is 11.5 Å². The van der Waals surface area contributed by atoms with Gasteiger partial charge < -0.3 is 16.8 Å². The summed E-state index contributed by atoms with van der Waals surface area (Å²) in [5, 5.41) is 3.04. The van der Waals surface area contributed by atoms with Crippen LogP contribution in [0.5, 0.6) is 0 Å². The van der Waals surface area contributed by atoms with Crippen LogP contribution in [0.1, 0.15) is 26.3 Å². The SMILES string of the molecule is C=CNc1ccccc1/C(N)=C(N)\C(C=C)=C(/C)C=C.CC. The maximum Gasteiger partial charge on any atom is 0.0648 e. The average molecular weight is 297 g/mol. The van der Waals surface area contributed by atoms with Crippen molar-refractivity contribution in [1.29, 1.82) is 0 Å². The first-order valence-electron chi connectivity index (χ1n) is 7.25. The van der Waals surface area contributed by atoms with E-state index in [0.717, 1.165) is 22.4 Å². The Balaban J connectivity index is 0.00000211. The molecule has 0 radical (unpaired) electrons. The van der Waals surface area contributed by atoms with E-state index in [9.17, 15) is 0 Å². The predicted molar refractivity (Wildman–Crippen MR) is 100.0 cm³/mol. The number of rotatable bonds is 6. The molecule has 0 atom stereocenters. The van der Waals surface area contributed by atoms with Gasteiger partial charge in [0, 0.05) is 16.8 Å². The molecule has 0 fully saturated rings. The average Bonchev–Trinajstić information content (AvgIpc) is 2.57. The van der Waals surface area contributed by atoms with E-state index in [-0.39, 0.29) is 0 Å². The lowest BCUT2D eigenvalue weighted by atomic mass is 10.0. The van der Waals surface area contributed by atoms with Gasteiger partial charge in [0.2, 0.25) is 0 Å². The summed E-state index contributed by atoms with van der Waals surface area (Å²) in [6, 6.07) is 7.63. The lowest BCUT2D eigenvalue weighted by Crippen LogP contribution is -2.12. The minimum atomic E-state index is 0.482. The fourth-order valence-corrected chi connectivity index (χ4v) is 1.84. The normalized spacial score (nSPS) is 12.0. The zero-order valence-corrected chi connectivity index (χ0v) is 13.8. The molecule has 0 aromatic heterocycles. The van der Waals surface area contributed by atoms with Crippen molar-refractivity contribution >= 4 is 11.4 Å². The Kier molecular flexibility index (Phi) is 8.87. The van der Waals surface area contributed by atoms with Gasteiger partial charge in [0.1, 0.15) is 0 Å². The molecule has 0 heterocycles. The van der Waals surface area contributed by atoms with Crippen LogP contribution in [0, 0.1) is 0 Å². The van der Waals surface area contributed by atoms with E-state index in [1.807, 2.05) is 45.0 Å². The minimum Gasteiger partial charge on any atom is -0.397 e. The number of anilines is 1. The summed E-state index contributed by atoms with van der Waals surface area (Å²) in [6.45, 7) is 17.1. The lowest BCUT2D eigenvalue weighted by molar-refractivity contribution is 1.28. The molecular weight excluding hydrogens is 270 g/mol. The molecule has 22 heavy (non-hydrogen) atoms. The molecule has 1 rings (SSSR count). The van der Waals surface area contributed by atoms with E-state index >= 15 is 0 Å². The Hall–Kier alpha value is -2.68. The Morgan fingerprint density at radius 3 is 2.14 bits per heavy atom. The van der Waals surface area contributed by atoms with Crippen LogP contribution >= 0.6 is 0 Å². The molecule has 0 aliphatic carbocycles. The summed E-state index contributed by atoms with van der Waals surface area (Å²) in [6.07, 6.45) is 5.01. The second-order valence-corrected chi connectivity index (χ2v) is 4.23. The smallest absolute Gasteiger partial charge is 0.0648 e. The van der Waals surface area contributed by atoms with E-state index in [1.54, 1.807) is 18.4 Å². The van der Waals surface area contributed by atoms with Gasteiger partial charge in [0.05, 0.1) is 11.4 Å². The van der Waals surface area contributed by atoms with Gasteiger partial charge in [-0.3, -0.25) is 0 Å². The molecule has 0 aliphatic rings. The van der Waals surface area contributed by atoms with Gasteiger partial charge in [-0.1, -0.05) is 63.9 Å². The van der Waals surface area contributed by atoms with Crippen LogP contribution in [-0.2, 0) is 0 Å². The molecule has 1 aromatic rings. The third kappa shape index (κ3) is 4.70. The summed E-state index contributed by atoms with van der Waals surface area (Å²) in [7, 11) is 0. The van der Waals surface area contributed by atoms with Gasteiger partial charge in [0.25, 0.3) is 0 Å². The molecule has 118 valence electrons. The maximum absolute atomic E-state index is 6.20. The molecule has 3 heteroatoms. The van der Waals surface area contributed by atoms with Crippen LogP contribution in [0.3, 0.4) is 0 Å². The molecule has 0 aliphatic heterocycles. The summed E-state index contributed by atoms with van der Waals surface area (Å²) < 4.78 is 0. The van der Waals surface area contributed by atoms with Crippen LogP contribution < -0.4 is 16.8 Å². The number of benzene rings is 1. The van der Waals surface area contributed by atoms with Crippen molar-refractivity contribution < 1.29 is 0 Å². The van der Waals surface area contributed by atoms with Crippen LogP contribution in [0.25, 0.3) is 5.70 Å². The molecule has 0 bridgehead atoms. The van der Waals surface area contributed by atoms with E-state index < -0.39 is 0 Å². The van der Waals surface area contributed by atoms with Crippen LogP contribution in [0.4, 0.5) is 5.69 Å². The zero-order valence-electron chi connectivity index (χ0n) is 13.8. The van der Waals surface area contributed by atoms with Gasteiger partial charge in [-0.15, -0.1) is 0 Å². The molecular formula is C19H27N3.